The van der Waals surface area contributed by atoms with E-state index in [-0.39, 0.29) is 5.92 Å². The van der Waals surface area contributed by atoms with Gasteiger partial charge in [-0.15, -0.1) is 0 Å². The van der Waals surface area contributed by atoms with E-state index in [0.717, 1.165) is 25.2 Å². The minimum Gasteiger partial charge on any atom is -0.383 e. The highest BCUT2D eigenvalue weighted by Crippen LogP contribution is 2.30. The molecule has 2 aromatic heterocycles. The second-order valence-electron chi connectivity index (χ2n) is 6.39. The Morgan fingerprint density at radius 3 is 2.88 bits per heavy atom. The number of ether oxygens (including phenoxy) is 1. The van der Waals surface area contributed by atoms with Crippen molar-refractivity contribution >= 4 is 10.0 Å². The van der Waals surface area contributed by atoms with Crippen molar-refractivity contribution in [3.05, 3.63) is 30.1 Å². The fourth-order valence-corrected chi connectivity index (χ4v) is 5.01. The van der Waals surface area contributed by atoms with Gasteiger partial charge in [-0.1, -0.05) is 0 Å². The number of rotatable bonds is 6. The van der Waals surface area contributed by atoms with Gasteiger partial charge in [-0.25, -0.2) is 13.4 Å². The van der Waals surface area contributed by atoms with Gasteiger partial charge in [0.25, 0.3) is 0 Å². The molecule has 0 bridgehead atoms. The van der Waals surface area contributed by atoms with Crippen molar-refractivity contribution in [3.63, 3.8) is 0 Å². The number of piperidine rings is 1. The van der Waals surface area contributed by atoms with Crippen LogP contribution in [-0.2, 0) is 28.4 Å². The number of sulfonamides is 1. The summed E-state index contributed by atoms with van der Waals surface area (Å²) in [6.07, 6.45) is 6.88. The first kappa shape index (κ1) is 18.1. The molecule has 3 rings (SSSR count). The molecule has 0 N–H and O–H groups in total. The van der Waals surface area contributed by atoms with Gasteiger partial charge in [0.15, 0.2) is 0 Å². The lowest BCUT2D eigenvalue weighted by Crippen LogP contribution is -2.40. The molecule has 1 atom stereocenters. The molecule has 8 nitrogen and oxygen atoms in total. The largest absolute Gasteiger partial charge is 0.383 e. The normalized spacial score (nSPS) is 19.4. The van der Waals surface area contributed by atoms with Crippen LogP contribution < -0.4 is 0 Å². The van der Waals surface area contributed by atoms with Gasteiger partial charge in [-0.3, -0.25) is 4.68 Å². The van der Waals surface area contributed by atoms with Crippen LogP contribution in [0, 0.1) is 6.92 Å². The average Bonchev–Trinajstić information content (AvgIpc) is 3.20. The number of nitrogens with zero attached hydrogens (tertiary/aromatic N) is 5. The molecular formula is C16H25N5O3S. The Morgan fingerprint density at radius 1 is 1.40 bits per heavy atom. The van der Waals surface area contributed by atoms with E-state index in [0.29, 0.717) is 30.3 Å². The molecule has 0 spiro atoms. The molecule has 138 valence electrons. The van der Waals surface area contributed by atoms with Crippen LogP contribution in [0.1, 0.15) is 30.3 Å². The number of imidazole rings is 1. The highest BCUT2D eigenvalue weighted by atomic mass is 32.2. The van der Waals surface area contributed by atoms with Gasteiger partial charge >= 0.3 is 0 Å². The average molecular weight is 367 g/mol. The summed E-state index contributed by atoms with van der Waals surface area (Å²) in [5.74, 6) is 1.02. The van der Waals surface area contributed by atoms with E-state index in [9.17, 15) is 8.42 Å². The summed E-state index contributed by atoms with van der Waals surface area (Å²) in [4.78, 5) is 4.76. The van der Waals surface area contributed by atoms with Gasteiger partial charge in [0, 0.05) is 52.1 Å². The van der Waals surface area contributed by atoms with E-state index in [2.05, 4.69) is 14.6 Å². The Morgan fingerprint density at radius 2 is 2.20 bits per heavy atom. The van der Waals surface area contributed by atoms with E-state index in [4.69, 9.17) is 4.74 Å². The highest BCUT2D eigenvalue weighted by molar-refractivity contribution is 7.89. The first-order valence-electron chi connectivity index (χ1n) is 8.44. The molecule has 1 aliphatic rings. The van der Waals surface area contributed by atoms with Crippen molar-refractivity contribution in [3.8, 4) is 0 Å². The summed E-state index contributed by atoms with van der Waals surface area (Å²) in [6, 6.07) is 0. The third-order valence-electron chi connectivity index (χ3n) is 4.84. The minimum absolute atomic E-state index is 0.0901. The van der Waals surface area contributed by atoms with Gasteiger partial charge in [0.2, 0.25) is 10.0 Å². The molecule has 0 unspecified atom stereocenters. The maximum atomic E-state index is 13.0. The monoisotopic (exact) mass is 367 g/mol. The second-order valence-corrected chi connectivity index (χ2v) is 8.30. The van der Waals surface area contributed by atoms with Crippen LogP contribution in [0.5, 0.6) is 0 Å². The Hall–Kier alpha value is -1.71. The molecule has 1 fully saturated rings. The van der Waals surface area contributed by atoms with Crippen LogP contribution in [0.25, 0.3) is 0 Å². The molecule has 0 radical (unpaired) electrons. The van der Waals surface area contributed by atoms with E-state index >= 15 is 0 Å². The van der Waals surface area contributed by atoms with Crippen molar-refractivity contribution < 1.29 is 13.2 Å². The molecule has 3 heterocycles. The molecular weight excluding hydrogens is 342 g/mol. The molecule has 0 saturated carbocycles. The Labute approximate surface area is 148 Å². The maximum absolute atomic E-state index is 13.0. The van der Waals surface area contributed by atoms with Gasteiger partial charge < -0.3 is 9.30 Å². The van der Waals surface area contributed by atoms with E-state index in [1.165, 1.54) is 6.20 Å². The molecule has 0 amide bonds. The fourth-order valence-electron chi connectivity index (χ4n) is 3.30. The highest BCUT2D eigenvalue weighted by Gasteiger charge is 2.34. The summed E-state index contributed by atoms with van der Waals surface area (Å²) in [6.45, 7) is 4.08. The van der Waals surface area contributed by atoms with Gasteiger partial charge in [0.1, 0.15) is 10.7 Å². The third-order valence-corrected chi connectivity index (χ3v) is 6.81. The van der Waals surface area contributed by atoms with E-state index in [1.807, 2.05) is 6.20 Å². The minimum atomic E-state index is -3.54. The molecule has 2 aromatic rings. The quantitative estimate of drug-likeness (QED) is 0.765. The third kappa shape index (κ3) is 3.49. The number of hydrogen-bond donors (Lipinski definition) is 0. The topological polar surface area (TPSA) is 82.2 Å². The predicted octanol–water partition coefficient (Wildman–Crippen LogP) is 1.14. The summed E-state index contributed by atoms with van der Waals surface area (Å²) in [7, 11) is -0.119. The van der Waals surface area contributed by atoms with Crippen molar-refractivity contribution in [1.29, 1.82) is 0 Å². The molecule has 25 heavy (non-hydrogen) atoms. The summed E-state index contributed by atoms with van der Waals surface area (Å²) >= 11 is 0. The lowest BCUT2D eigenvalue weighted by atomic mass is 9.99. The zero-order chi connectivity index (χ0) is 18.0. The van der Waals surface area contributed by atoms with Crippen LogP contribution in [0.2, 0.25) is 0 Å². The number of methoxy groups -OCH3 is 1. The SMILES string of the molecule is COCCn1ccnc1[C@H]1CCCN(S(=O)(=O)c2cnn(C)c2C)C1. The summed E-state index contributed by atoms with van der Waals surface area (Å²) < 4.78 is 36.4. The van der Waals surface area contributed by atoms with Crippen LogP contribution in [0.4, 0.5) is 0 Å². The van der Waals surface area contributed by atoms with E-state index in [1.54, 1.807) is 36.3 Å². The van der Waals surface area contributed by atoms with Crippen molar-refractivity contribution in [2.75, 3.05) is 26.8 Å². The zero-order valence-electron chi connectivity index (χ0n) is 14.9. The van der Waals surface area contributed by atoms with Crippen molar-refractivity contribution in [1.82, 2.24) is 23.6 Å². The Balaban J connectivity index is 1.82. The van der Waals surface area contributed by atoms with Gasteiger partial charge in [0.05, 0.1) is 18.5 Å². The molecule has 1 aliphatic heterocycles. The second kappa shape index (κ2) is 7.27. The molecule has 0 aromatic carbocycles. The summed E-state index contributed by atoms with van der Waals surface area (Å²) in [5, 5.41) is 4.07. The number of aryl methyl sites for hydroxylation is 1. The standard InChI is InChI=1S/C16H25N5O3S/c1-13-15(11-18-19(13)2)25(22,23)21-7-4-5-14(12-21)16-17-6-8-20(16)9-10-24-3/h6,8,11,14H,4-5,7,9-10,12H2,1-3H3/t14-/m0/s1. The van der Waals surface area contributed by atoms with Crippen molar-refractivity contribution in [2.45, 2.75) is 37.1 Å². The van der Waals surface area contributed by atoms with Gasteiger partial charge in [-0.05, 0) is 19.8 Å². The smallest absolute Gasteiger partial charge is 0.246 e. The molecule has 0 aliphatic carbocycles. The zero-order valence-corrected chi connectivity index (χ0v) is 15.7. The fraction of sp³-hybridized carbons (Fsp3) is 0.625. The van der Waals surface area contributed by atoms with Crippen LogP contribution >= 0.6 is 0 Å². The maximum Gasteiger partial charge on any atom is 0.246 e. The Bertz CT molecular complexity index is 827. The lowest BCUT2D eigenvalue weighted by molar-refractivity contribution is 0.184. The van der Waals surface area contributed by atoms with Gasteiger partial charge in [-0.2, -0.15) is 9.40 Å². The van der Waals surface area contributed by atoms with Crippen LogP contribution in [0.3, 0.4) is 0 Å². The summed E-state index contributed by atoms with van der Waals surface area (Å²) in [5.41, 5.74) is 0.656. The molecule has 1 saturated heterocycles. The predicted molar refractivity (Wildman–Crippen MR) is 92.8 cm³/mol. The van der Waals surface area contributed by atoms with Crippen LogP contribution in [-0.4, -0.2) is 58.9 Å². The first-order chi connectivity index (χ1) is 11.9. The van der Waals surface area contributed by atoms with Crippen molar-refractivity contribution in [2.24, 2.45) is 7.05 Å². The number of aromatic nitrogens is 4. The first-order valence-corrected chi connectivity index (χ1v) is 9.88. The molecule has 9 heteroatoms. The lowest BCUT2D eigenvalue weighted by Gasteiger charge is -2.31. The number of hydrogen-bond acceptors (Lipinski definition) is 5. The van der Waals surface area contributed by atoms with Crippen LogP contribution in [0.15, 0.2) is 23.5 Å². The van der Waals surface area contributed by atoms with E-state index < -0.39 is 10.0 Å². The Kier molecular flexibility index (Phi) is 5.26.